The van der Waals surface area contributed by atoms with E-state index in [0.29, 0.717) is 71.9 Å². The number of nitrogens with zero attached hydrogens (tertiary/aromatic N) is 4. The molecule has 11 heteroatoms. The van der Waals surface area contributed by atoms with E-state index in [0.717, 1.165) is 18.4 Å². The van der Waals surface area contributed by atoms with E-state index < -0.39 is 0 Å². The molecule has 196 valence electrons. The summed E-state index contributed by atoms with van der Waals surface area (Å²) in [5.74, 6) is -0.0473. The summed E-state index contributed by atoms with van der Waals surface area (Å²) < 4.78 is 12.9. The van der Waals surface area contributed by atoms with Crippen LogP contribution in [0.1, 0.15) is 43.7 Å². The average Bonchev–Trinajstić information content (AvgIpc) is 3.50. The lowest BCUT2D eigenvalue weighted by Crippen LogP contribution is -2.39. The quantitative estimate of drug-likeness (QED) is 0.310. The van der Waals surface area contributed by atoms with Crippen LogP contribution in [0.5, 0.6) is 0 Å². The van der Waals surface area contributed by atoms with Crippen LogP contribution in [0.25, 0.3) is 11.7 Å². The normalized spacial score (nSPS) is 22.0. The molecule has 3 saturated heterocycles. The number of hydrogen-bond donors (Lipinski definition) is 0. The molecule has 3 aliphatic heterocycles. The van der Waals surface area contributed by atoms with Crippen molar-refractivity contribution >= 4 is 57.7 Å². The zero-order valence-corrected chi connectivity index (χ0v) is 22.6. The molecule has 2 aromatic heterocycles. The van der Waals surface area contributed by atoms with Gasteiger partial charge in [-0.1, -0.05) is 30.0 Å². The lowest BCUT2D eigenvalue weighted by molar-refractivity contribution is -0.148. The Morgan fingerprint density at radius 3 is 2.78 bits per heavy atom. The number of hydrogen-bond acceptors (Lipinski definition) is 9. The Bertz CT molecular complexity index is 1330. The van der Waals surface area contributed by atoms with E-state index in [1.165, 1.54) is 16.2 Å². The predicted octanol–water partition coefficient (Wildman–Crippen LogP) is 3.16. The van der Waals surface area contributed by atoms with Gasteiger partial charge in [0.1, 0.15) is 15.8 Å². The number of thioether (sulfide) groups is 1. The number of carbonyl (C=O) groups is 2. The maximum Gasteiger partial charge on any atom is 0.309 e. The van der Waals surface area contributed by atoms with Gasteiger partial charge in [-0.15, -0.1) is 0 Å². The van der Waals surface area contributed by atoms with Crippen LogP contribution >= 0.6 is 24.0 Å². The Kier molecular flexibility index (Phi) is 7.64. The minimum atomic E-state index is -0.249. The molecule has 0 aromatic carbocycles. The zero-order chi connectivity index (χ0) is 26.1. The topological polar surface area (TPSA) is 93.5 Å². The van der Waals surface area contributed by atoms with E-state index in [9.17, 15) is 14.4 Å². The number of esters is 1. The van der Waals surface area contributed by atoms with Crippen LogP contribution in [0.3, 0.4) is 0 Å². The first kappa shape index (κ1) is 25.9. The third-order valence-electron chi connectivity index (χ3n) is 7.04. The standard InChI is InChI=1S/C26H30N4O5S2/c1-3-34-25(33)17-8-11-28(12-9-17)22-19(23(31)29-10-4-6-16(2)21(29)27-22)14-20-24(32)30(26(36)37-20)15-18-7-5-13-35-18/h4,6,10,14,17-18H,3,5,7-9,11-13,15H2,1-2H3/b20-14-. The Balaban J connectivity index is 1.50. The van der Waals surface area contributed by atoms with Crippen LogP contribution in [0.4, 0.5) is 5.82 Å². The highest BCUT2D eigenvalue weighted by atomic mass is 32.2. The van der Waals surface area contributed by atoms with E-state index >= 15 is 0 Å². The van der Waals surface area contributed by atoms with E-state index in [2.05, 4.69) is 0 Å². The van der Waals surface area contributed by atoms with Gasteiger partial charge in [0.15, 0.2) is 0 Å². The first-order valence-corrected chi connectivity index (χ1v) is 13.9. The summed E-state index contributed by atoms with van der Waals surface area (Å²) in [4.78, 5) is 48.2. The van der Waals surface area contributed by atoms with Crippen LogP contribution in [0.15, 0.2) is 28.0 Å². The van der Waals surface area contributed by atoms with Crippen molar-refractivity contribution < 1.29 is 19.1 Å². The molecule has 3 fully saturated rings. The van der Waals surface area contributed by atoms with E-state index in [4.69, 9.17) is 26.7 Å². The molecular formula is C26H30N4O5S2. The van der Waals surface area contributed by atoms with Crippen LogP contribution < -0.4 is 10.5 Å². The summed E-state index contributed by atoms with van der Waals surface area (Å²) in [6.07, 6.45) is 6.39. The Hall–Kier alpha value is -2.76. The summed E-state index contributed by atoms with van der Waals surface area (Å²) in [5, 5.41) is 0. The zero-order valence-electron chi connectivity index (χ0n) is 21.0. The Morgan fingerprint density at radius 1 is 1.30 bits per heavy atom. The number of carbonyl (C=O) groups excluding carboxylic acids is 2. The van der Waals surface area contributed by atoms with E-state index in [1.807, 2.05) is 17.9 Å². The molecule has 0 radical (unpaired) electrons. The van der Waals surface area contributed by atoms with Crippen molar-refractivity contribution in [3.8, 4) is 0 Å². The number of ether oxygens (including phenoxy) is 2. The molecule has 0 bridgehead atoms. The number of fused-ring (bicyclic) bond motifs is 1. The molecule has 3 aliphatic rings. The van der Waals surface area contributed by atoms with Crippen LogP contribution in [0.2, 0.25) is 0 Å². The molecule has 0 aliphatic carbocycles. The molecule has 9 nitrogen and oxygen atoms in total. The van der Waals surface area contributed by atoms with Crippen molar-refractivity contribution in [2.24, 2.45) is 5.92 Å². The van der Waals surface area contributed by atoms with Gasteiger partial charge in [0.25, 0.3) is 11.5 Å². The number of thiocarbonyl (C=S) groups is 1. The summed E-state index contributed by atoms with van der Waals surface area (Å²) in [5.41, 5.74) is 1.53. The van der Waals surface area contributed by atoms with Crippen LogP contribution in [-0.4, -0.2) is 69.4 Å². The maximum atomic E-state index is 13.7. The van der Waals surface area contributed by atoms with Crippen LogP contribution in [-0.2, 0) is 19.1 Å². The summed E-state index contributed by atoms with van der Waals surface area (Å²) in [7, 11) is 0. The molecule has 1 unspecified atom stereocenters. The van der Waals surface area contributed by atoms with Gasteiger partial charge in [0.05, 0.1) is 35.6 Å². The highest BCUT2D eigenvalue weighted by Gasteiger charge is 2.36. The summed E-state index contributed by atoms with van der Waals surface area (Å²) in [6.45, 7) is 6.30. The van der Waals surface area contributed by atoms with Crippen molar-refractivity contribution in [3.05, 3.63) is 44.7 Å². The monoisotopic (exact) mass is 542 g/mol. The number of amides is 1. The fraction of sp³-hybridized carbons (Fsp3) is 0.500. The fourth-order valence-corrected chi connectivity index (χ4v) is 6.29. The number of piperidine rings is 1. The highest BCUT2D eigenvalue weighted by Crippen LogP contribution is 2.35. The van der Waals surface area contributed by atoms with Gasteiger partial charge in [-0.2, -0.15) is 0 Å². The molecule has 5 heterocycles. The number of anilines is 1. The second kappa shape index (κ2) is 10.9. The highest BCUT2D eigenvalue weighted by molar-refractivity contribution is 8.26. The van der Waals surface area contributed by atoms with Gasteiger partial charge in [-0.3, -0.25) is 23.7 Å². The number of pyridine rings is 1. The summed E-state index contributed by atoms with van der Waals surface area (Å²) in [6, 6.07) is 3.72. The molecule has 5 rings (SSSR count). The number of aromatic nitrogens is 2. The first-order chi connectivity index (χ1) is 17.9. The lowest BCUT2D eigenvalue weighted by Gasteiger charge is -2.32. The molecule has 1 amide bonds. The van der Waals surface area contributed by atoms with Gasteiger partial charge in [-0.05, 0) is 57.2 Å². The molecule has 2 aromatic rings. The van der Waals surface area contributed by atoms with E-state index in [1.54, 1.807) is 30.2 Å². The molecule has 37 heavy (non-hydrogen) atoms. The lowest BCUT2D eigenvalue weighted by atomic mass is 9.96. The molecule has 0 spiro atoms. The minimum absolute atomic E-state index is 0.0194. The Morgan fingerprint density at radius 2 is 2.08 bits per heavy atom. The smallest absolute Gasteiger partial charge is 0.309 e. The third kappa shape index (κ3) is 5.17. The fourth-order valence-electron chi connectivity index (χ4n) is 5.04. The molecule has 1 atom stereocenters. The minimum Gasteiger partial charge on any atom is -0.466 e. The average molecular weight is 543 g/mol. The first-order valence-electron chi connectivity index (χ1n) is 12.7. The Labute approximate surface area is 224 Å². The predicted molar refractivity (Wildman–Crippen MR) is 147 cm³/mol. The maximum absolute atomic E-state index is 13.7. The van der Waals surface area contributed by atoms with Gasteiger partial charge >= 0.3 is 5.97 Å². The molecular weight excluding hydrogens is 512 g/mol. The van der Waals surface area contributed by atoms with Crippen molar-refractivity contribution in [1.82, 2.24) is 14.3 Å². The molecule has 0 saturated carbocycles. The second-order valence-electron chi connectivity index (χ2n) is 9.48. The third-order valence-corrected chi connectivity index (χ3v) is 8.42. The second-order valence-corrected chi connectivity index (χ2v) is 11.2. The van der Waals surface area contributed by atoms with Crippen LogP contribution in [0, 0.1) is 12.8 Å². The van der Waals surface area contributed by atoms with Gasteiger partial charge in [-0.25, -0.2) is 4.98 Å². The SMILES string of the molecule is CCOC(=O)C1CCN(c2nc3c(C)cccn3c(=O)c2/C=C2\SC(=S)N(CC3CCCO3)C2=O)CC1. The van der Waals surface area contributed by atoms with Gasteiger partial charge in [0.2, 0.25) is 0 Å². The largest absolute Gasteiger partial charge is 0.466 e. The van der Waals surface area contributed by atoms with Crippen molar-refractivity contribution in [3.63, 3.8) is 0 Å². The number of rotatable bonds is 6. The van der Waals surface area contributed by atoms with E-state index in [-0.39, 0.29) is 29.5 Å². The van der Waals surface area contributed by atoms with Gasteiger partial charge < -0.3 is 14.4 Å². The van der Waals surface area contributed by atoms with Crippen molar-refractivity contribution in [1.29, 1.82) is 0 Å². The van der Waals surface area contributed by atoms with Crippen molar-refractivity contribution in [2.75, 3.05) is 37.7 Å². The van der Waals surface area contributed by atoms with Gasteiger partial charge in [0, 0.05) is 25.9 Å². The summed E-state index contributed by atoms with van der Waals surface area (Å²) >= 11 is 6.71. The van der Waals surface area contributed by atoms with Crippen molar-refractivity contribution in [2.45, 2.75) is 45.6 Å². The number of aryl methyl sites for hydroxylation is 1. The molecule has 0 N–H and O–H groups in total.